The van der Waals surface area contributed by atoms with Crippen molar-refractivity contribution in [3.05, 3.63) is 30.1 Å². The first-order valence-electron chi connectivity index (χ1n) is 10.2. The van der Waals surface area contributed by atoms with E-state index in [0.29, 0.717) is 25.1 Å². The van der Waals surface area contributed by atoms with E-state index in [1.165, 1.54) is 37.5 Å². The van der Waals surface area contributed by atoms with Crippen LogP contribution < -0.4 is 10.6 Å². The molecule has 0 aliphatic carbocycles. The lowest BCUT2D eigenvalue weighted by Crippen LogP contribution is -2.40. The summed E-state index contributed by atoms with van der Waals surface area (Å²) in [6, 6.07) is 6.11. The van der Waals surface area contributed by atoms with Crippen LogP contribution in [0, 0.1) is 5.82 Å². The normalized spacial score (nSPS) is 18.2. The average molecular weight is 540 g/mol. The van der Waals surface area contributed by atoms with E-state index in [1.807, 2.05) is 6.92 Å². The van der Waals surface area contributed by atoms with E-state index in [1.54, 1.807) is 0 Å². The van der Waals surface area contributed by atoms with E-state index in [9.17, 15) is 12.8 Å². The van der Waals surface area contributed by atoms with Gasteiger partial charge in [-0.1, -0.05) is 18.6 Å². The predicted octanol–water partition coefficient (Wildman–Crippen LogP) is 3.04. The number of nitrogens with one attached hydrogen (secondary N) is 2. The lowest BCUT2D eigenvalue weighted by Gasteiger charge is -2.33. The zero-order valence-electron chi connectivity index (χ0n) is 17.4. The highest BCUT2D eigenvalue weighted by Crippen LogP contribution is 2.16. The molecular weight excluding hydrogens is 506 g/mol. The average Bonchev–Trinajstić information content (AvgIpc) is 2.66. The topological polar surface area (TPSA) is 73.8 Å². The second-order valence-corrected chi connectivity index (χ2v) is 9.25. The smallest absolute Gasteiger partial charge is 0.191 e. The molecule has 1 aliphatic rings. The zero-order chi connectivity index (χ0) is 20.4. The Hall–Kier alpha value is -0.940. The van der Waals surface area contributed by atoms with Gasteiger partial charge in [-0.25, -0.2) is 12.8 Å². The van der Waals surface area contributed by atoms with E-state index in [0.717, 1.165) is 25.6 Å². The van der Waals surface area contributed by atoms with Crippen LogP contribution >= 0.6 is 24.0 Å². The highest BCUT2D eigenvalue weighted by Gasteiger charge is 2.19. The molecule has 1 fully saturated rings. The summed E-state index contributed by atoms with van der Waals surface area (Å²) in [4.78, 5) is 6.79. The van der Waals surface area contributed by atoms with Crippen LogP contribution in [-0.2, 0) is 9.84 Å². The van der Waals surface area contributed by atoms with Crippen LogP contribution in [0.2, 0.25) is 0 Å². The molecule has 0 amide bonds. The minimum Gasteiger partial charge on any atom is -0.357 e. The molecule has 1 saturated heterocycles. The van der Waals surface area contributed by atoms with Crippen molar-refractivity contribution in [1.29, 1.82) is 0 Å². The number of rotatable bonds is 9. The van der Waals surface area contributed by atoms with E-state index in [2.05, 4.69) is 27.4 Å². The molecule has 0 spiro atoms. The van der Waals surface area contributed by atoms with Gasteiger partial charge in [-0.3, -0.25) is 4.99 Å². The van der Waals surface area contributed by atoms with Gasteiger partial charge in [0.15, 0.2) is 15.8 Å². The van der Waals surface area contributed by atoms with E-state index >= 15 is 0 Å². The Bertz CT molecular complexity index is 746. The summed E-state index contributed by atoms with van der Waals surface area (Å²) in [5, 5.41) is 6.16. The molecule has 29 heavy (non-hydrogen) atoms. The fraction of sp³-hybridized carbons (Fsp3) is 0.650. The van der Waals surface area contributed by atoms with Gasteiger partial charge < -0.3 is 15.5 Å². The number of hydrogen-bond acceptors (Lipinski definition) is 4. The van der Waals surface area contributed by atoms with Gasteiger partial charge in [-0.05, 0) is 51.8 Å². The molecular formula is C20H34FIN4O2S. The van der Waals surface area contributed by atoms with Crippen molar-refractivity contribution in [3.63, 3.8) is 0 Å². The third kappa shape index (κ3) is 8.75. The Morgan fingerprint density at radius 1 is 1.28 bits per heavy atom. The van der Waals surface area contributed by atoms with Gasteiger partial charge in [-0.15, -0.1) is 24.0 Å². The van der Waals surface area contributed by atoms with Crippen molar-refractivity contribution in [1.82, 2.24) is 15.5 Å². The second-order valence-electron chi connectivity index (χ2n) is 7.17. The molecule has 6 nitrogen and oxygen atoms in total. The predicted molar refractivity (Wildman–Crippen MR) is 127 cm³/mol. The highest BCUT2D eigenvalue weighted by atomic mass is 127. The summed E-state index contributed by atoms with van der Waals surface area (Å²) in [6.45, 7) is 7.98. The van der Waals surface area contributed by atoms with Crippen LogP contribution in [0.3, 0.4) is 0 Å². The first-order chi connectivity index (χ1) is 13.4. The fourth-order valence-electron chi connectivity index (χ4n) is 3.41. The van der Waals surface area contributed by atoms with Crippen LogP contribution in [0.15, 0.2) is 34.2 Å². The molecule has 0 bridgehead atoms. The van der Waals surface area contributed by atoms with Crippen molar-refractivity contribution in [2.24, 2.45) is 4.99 Å². The zero-order valence-corrected chi connectivity index (χ0v) is 20.5. The first-order valence-corrected chi connectivity index (χ1v) is 11.8. The second kappa shape index (κ2) is 13.4. The van der Waals surface area contributed by atoms with Gasteiger partial charge in [-0.2, -0.15) is 0 Å². The monoisotopic (exact) mass is 540 g/mol. The van der Waals surface area contributed by atoms with Gasteiger partial charge >= 0.3 is 0 Å². The summed E-state index contributed by atoms with van der Waals surface area (Å²) >= 11 is 0. The highest BCUT2D eigenvalue weighted by molar-refractivity contribution is 14.0. The van der Waals surface area contributed by atoms with Gasteiger partial charge in [0.25, 0.3) is 0 Å². The van der Waals surface area contributed by atoms with Gasteiger partial charge in [0.1, 0.15) is 10.7 Å². The minimum absolute atomic E-state index is 0. The molecule has 0 saturated carbocycles. The Morgan fingerprint density at radius 2 is 2.03 bits per heavy atom. The number of aliphatic imine (C=N–C) groups is 1. The fourth-order valence-corrected chi connectivity index (χ4v) is 4.65. The summed E-state index contributed by atoms with van der Waals surface area (Å²) in [5.41, 5.74) is 0. The molecule has 166 valence electrons. The van der Waals surface area contributed by atoms with Crippen LogP contribution in [0.25, 0.3) is 0 Å². The van der Waals surface area contributed by atoms with E-state index in [4.69, 9.17) is 0 Å². The maximum Gasteiger partial charge on any atom is 0.191 e. The number of hydrogen-bond donors (Lipinski definition) is 2. The number of nitrogens with zero attached hydrogens (tertiary/aromatic N) is 2. The van der Waals surface area contributed by atoms with E-state index < -0.39 is 15.7 Å². The Kier molecular flexibility index (Phi) is 12.0. The van der Waals surface area contributed by atoms with Crippen LogP contribution in [0.1, 0.15) is 39.5 Å². The third-order valence-electron chi connectivity index (χ3n) is 4.99. The number of halogens is 2. The van der Waals surface area contributed by atoms with Crippen molar-refractivity contribution in [2.75, 3.05) is 38.5 Å². The Labute approximate surface area is 191 Å². The molecule has 1 atom stereocenters. The van der Waals surface area contributed by atoms with Gasteiger partial charge in [0.05, 0.1) is 5.75 Å². The van der Waals surface area contributed by atoms with Crippen LogP contribution in [-0.4, -0.2) is 63.8 Å². The lowest BCUT2D eigenvalue weighted by atomic mass is 10.0. The molecule has 1 aromatic rings. The number of guanidine groups is 1. The summed E-state index contributed by atoms with van der Waals surface area (Å²) < 4.78 is 38.4. The largest absolute Gasteiger partial charge is 0.357 e. The van der Waals surface area contributed by atoms with E-state index in [-0.39, 0.29) is 41.2 Å². The first kappa shape index (κ1) is 26.1. The minimum atomic E-state index is -3.67. The molecule has 0 radical (unpaired) electrons. The van der Waals surface area contributed by atoms with Gasteiger partial charge in [0.2, 0.25) is 0 Å². The molecule has 1 unspecified atom stereocenters. The number of piperidine rings is 1. The Morgan fingerprint density at radius 3 is 2.72 bits per heavy atom. The molecule has 1 aliphatic heterocycles. The van der Waals surface area contributed by atoms with Crippen molar-refractivity contribution in [2.45, 2.75) is 50.5 Å². The molecule has 1 aromatic carbocycles. The maximum atomic E-state index is 13.7. The van der Waals surface area contributed by atoms with Gasteiger partial charge in [0, 0.05) is 32.2 Å². The number of benzene rings is 1. The maximum absolute atomic E-state index is 13.7. The van der Waals surface area contributed by atoms with Crippen molar-refractivity contribution < 1.29 is 12.8 Å². The summed E-state index contributed by atoms with van der Waals surface area (Å²) in [7, 11) is -3.67. The SMILES string of the molecule is CCNC(=NCCCN1CCCCC1C)NCCS(=O)(=O)c1ccccc1F.I. The molecule has 0 aromatic heterocycles. The quantitative estimate of drug-likeness (QED) is 0.218. The molecule has 1 heterocycles. The number of sulfone groups is 1. The van der Waals surface area contributed by atoms with Crippen molar-refractivity contribution >= 4 is 39.8 Å². The summed E-state index contributed by atoms with van der Waals surface area (Å²) in [5.74, 6) is -0.308. The Balaban J connectivity index is 0.00000420. The lowest BCUT2D eigenvalue weighted by molar-refractivity contribution is 0.160. The van der Waals surface area contributed by atoms with Crippen LogP contribution in [0.4, 0.5) is 4.39 Å². The molecule has 2 N–H and O–H groups in total. The summed E-state index contributed by atoms with van der Waals surface area (Å²) in [6.07, 6.45) is 4.83. The molecule has 9 heteroatoms. The third-order valence-corrected chi connectivity index (χ3v) is 6.74. The standard InChI is InChI=1S/C20H33FN4O2S.HI/c1-3-22-20(23-12-8-15-25-14-7-6-9-17(25)2)24-13-16-28(26,27)19-11-5-4-10-18(19)21;/h4-5,10-11,17H,3,6-9,12-16H2,1-2H3,(H2,22,23,24);1H. The molecule has 2 rings (SSSR count). The number of likely N-dealkylation sites (tertiary alicyclic amines) is 1. The van der Waals surface area contributed by atoms with Crippen molar-refractivity contribution in [3.8, 4) is 0 Å². The van der Waals surface area contributed by atoms with Crippen LogP contribution in [0.5, 0.6) is 0 Å².